The van der Waals surface area contributed by atoms with Gasteiger partial charge in [0, 0.05) is 11.1 Å². The van der Waals surface area contributed by atoms with Crippen molar-refractivity contribution in [3.63, 3.8) is 0 Å². The Morgan fingerprint density at radius 2 is 1.96 bits per heavy atom. The van der Waals surface area contributed by atoms with Crippen molar-refractivity contribution in [1.29, 1.82) is 0 Å². The minimum absolute atomic E-state index is 0.0393. The lowest BCUT2D eigenvalue weighted by atomic mass is 10.1. The Hall–Kier alpha value is -1.55. The molecule has 0 radical (unpaired) electrons. The summed E-state index contributed by atoms with van der Waals surface area (Å²) in [5.41, 5.74) is -0.518. The molecule has 0 bridgehead atoms. The minimum Gasteiger partial charge on any atom is -0.296 e. The molecule has 0 saturated carbocycles. The van der Waals surface area contributed by atoms with Gasteiger partial charge >= 0.3 is 0 Å². The first-order valence-corrected chi connectivity index (χ1v) is 10.2. The quantitative estimate of drug-likeness (QED) is 0.800. The maximum absolute atomic E-state index is 12.5. The van der Waals surface area contributed by atoms with Crippen molar-refractivity contribution >= 4 is 44.0 Å². The maximum atomic E-state index is 12.5. The standard InChI is InChI=1S/C15H19ClN4O3S2/c1-5-12-18-19-14(24-12)17-13(21)9-6-7-10(16)11(8-9)25(22,23)20-15(2,3)4/h6-8,20H,5H2,1-4H3,(H,17,19,21). The number of anilines is 1. The number of aromatic nitrogens is 2. The highest BCUT2D eigenvalue weighted by Crippen LogP contribution is 2.25. The second-order valence-electron chi connectivity index (χ2n) is 6.31. The predicted molar refractivity (Wildman–Crippen MR) is 98.8 cm³/mol. The molecular formula is C15H19ClN4O3S2. The molecule has 1 aromatic carbocycles. The van der Waals surface area contributed by atoms with Gasteiger partial charge in [-0.1, -0.05) is 29.9 Å². The Labute approximate surface area is 155 Å². The summed E-state index contributed by atoms with van der Waals surface area (Å²) in [5.74, 6) is -0.484. The van der Waals surface area contributed by atoms with Gasteiger partial charge in [-0.15, -0.1) is 10.2 Å². The molecule has 0 unspecified atom stereocenters. The van der Waals surface area contributed by atoms with Gasteiger partial charge in [0.2, 0.25) is 15.2 Å². The summed E-state index contributed by atoms with van der Waals surface area (Å²) < 4.78 is 27.5. The van der Waals surface area contributed by atoms with E-state index in [2.05, 4.69) is 20.2 Å². The number of amides is 1. The van der Waals surface area contributed by atoms with Crippen LogP contribution in [0.2, 0.25) is 5.02 Å². The number of benzene rings is 1. The lowest BCUT2D eigenvalue weighted by molar-refractivity contribution is 0.102. The Morgan fingerprint density at radius 3 is 2.52 bits per heavy atom. The van der Waals surface area contributed by atoms with E-state index in [1.165, 1.54) is 29.5 Å². The Kier molecular flexibility index (Phi) is 5.82. The molecule has 0 aliphatic carbocycles. The van der Waals surface area contributed by atoms with Gasteiger partial charge in [-0.05, 0) is 45.4 Å². The van der Waals surface area contributed by atoms with Crippen LogP contribution in [0, 0.1) is 0 Å². The van der Waals surface area contributed by atoms with E-state index in [0.717, 1.165) is 11.4 Å². The molecule has 1 heterocycles. The highest BCUT2D eigenvalue weighted by molar-refractivity contribution is 7.89. The number of rotatable bonds is 5. The average Bonchev–Trinajstić information content (AvgIpc) is 2.92. The van der Waals surface area contributed by atoms with Crippen molar-refractivity contribution in [2.75, 3.05) is 5.32 Å². The van der Waals surface area contributed by atoms with E-state index in [4.69, 9.17) is 11.6 Å². The van der Waals surface area contributed by atoms with Crippen LogP contribution in [-0.2, 0) is 16.4 Å². The van der Waals surface area contributed by atoms with Gasteiger partial charge < -0.3 is 0 Å². The van der Waals surface area contributed by atoms with Crippen LogP contribution in [0.25, 0.3) is 0 Å². The molecule has 2 N–H and O–H groups in total. The van der Waals surface area contributed by atoms with Gasteiger partial charge in [-0.3, -0.25) is 10.1 Å². The normalized spacial score (nSPS) is 12.2. The second-order valence-corrected chi connectivity index (χ2v) is 9.43. The van der Waals surface area contributed by atoms with Crippen LogP contribution >= 0.6 is 22.9 Å². The lowest BCUT2D eigenvalue weighted by Gasteiger charge is -2.21. The van der Waals surface area contributed by atoms with Gasteiger partial charge in [-0.2, -0.15) is 0 Å². The lowest BCUT2D eigenvalue weighted by Crippen LogP contribution is -2.40. The Bertz CT molecular complexity index is 888. The molecule has 0 atom stereocenters. The fourth-order valence-electron chi connectivity index (χ4n) is 1.92. The first-order valence-electron chi connectivity index (χ1n) is 7.49. The molecule has 1 amide bonds. The molecule has 0 aliphatic rings. The minimum atomic E-state index is -3.86. The highest BCUT2D eigenvalue weighted by Gasteiger charge is 2.25. The summed E-state index contributed by atoms with van der Waals surface area (Å²) in [5, 5.41) is 11.6. The van der Waals surface area contributed by atoms with E-state index in [9.17, 15) is 13.2 Å². The van der Waals surface area contributed by atoms with Crippen LogP contribution < -0.4 is 10.0 Å². The third kappa shape index (κ3) is 5.21. The number of nitrogens with one attached hydrogen (secondary N) is 2. The molecule has 136 valence electrons. The van der Waals surface area contributed by atoms with Gasteiger partial charge in [0.05, 0.1) is 5.02 Å². The van der Waals surface area contributed by atoms with Crippen LogP contribution in [0.1, 0.15) is 43.1 Å². The van der Waals surface area contributed by atoms with Crippen molar-refractivity contribution in [2.45, 2.75) is 44.6 Å². The van der Waals surface area contributed by atoms with Gasteiger partial charge in [-0.25, -0.2) is 13.1 Å². The van der Waals surface area contributed by atoms with Crippen LogP contribution in [0.15, 0.2) is 23.1 Å². The number of nitrogens with zero attached hydrogens (tertiary/aromatic N) is 2. The third-order valence-corrected chi connectivity index (χ3v) is 6.14. The van der Waals surface area contributed by atoms with E-state index in [1.54, 1.807) is 20.8 Å². The van der Waals surface area contributed by atoms with Gasteiger partial charge in [0.25, 0.3) is 5.91 Å². The molecule has 2 aromatic rings. The highest BCUT2D eigenvalue weighted by atomic mass is 35.5. The number of hydrogen-bond donors (Lipinski definition) is 2. The van der Waals surface area contributed by atoms with E-state index in [1.807, 2.05) is 6.92 Å². The van der Waals surface area contributed by atoms with Crippen LogP contribution in [0.5, 0.6) is 0 Å². The smallest absolute Gasteiger partial charge is 0.257 e. The second kappa shape index (κ2) is 7.36. The third-order valence-electron chi connectivity index (χ3n) is 2.91. The molecule has 0 spiro atoms. The molecule has 25 heavy (non-hydrogen) atoms. The SMILES string of the molecule is CCc1nnc(NC(=O)c2ccc(Cl)c(S(=O)(=O)NC(C)(C)C)c2)s1. The van der Waals surface area contributed by atoms with Gasteiger partial charge in [0.1, 0.15) is 9.90 Å². The summed E-state index contributed by atoms with van der Waals surface area (Å²) in [6, 6.07) is 4.08. The fourth-order valence-corrected chi connectivity index (χ4v) is 4.54. The molecule has 2 rings (SSSR count). The van der Waals surface area contributed by atoms with Crippen molar-refractivity contribution in [3.05, 3.63) is 33.8 Å². The maximum Gasteiger partial charge on any atom is 0.257 e. The summed E-state index contributed by atoms with van der Waals surface area (Å²) >= 11 is 7.29. The predicted octanol–water partition coefficient (Wildman–Crippen LogP) is 3.08. The van der Waals surface area contributed by atoms with E-state index in [-0.39, 0.29) is 15.5 Å². The zero-order valence-corrected chi connectivity index (χ0v) is 16.6. The molecule has 7 nitrogen and oxygen atoms in total. The number of sulfonamides is 1. The molecule has 0 aliphatic heterocycles. The fraction of sp³-hybridized carbons (Fsp3) is 0.400. The van der Waals surface area contributed by atoms with E-state index >= 15 is 0 Å². The van der Waals surface area contributed by atoms with Crippen molar-refractivity contribution < 1.29 is 13.2 Å². The number of carbonyl (C=O) groups is 1. The first-order chi connectivity index (χ1) is 11.5. The summed E-state index contributed by atoms with van der Waals surface area (Å²) in [6.07, 6.45) is 0.718. The van der Waals surface area contributed by atoms with E-state index < -0.39 is 21.5 Å². The molecule has 1 aromatic heterocycles. The molecule has 0 saturated heterocycles. The van der Waals surface area contributed by atoms with Crippen LogP contribution in [-0.4, -0.2) is 30.1 Å². The van der Waals surface area contributed by atoms with Crippen molar-refractivity contribution in [3.8, 4) is 0 Å². The summed E-state index contributed by atoms with van der Waals surface area (Å²) in [6.45, 7) is 7.09. The monoisotopic (exact) mass is 402 g/mol. The summed E-state index contributed by atoms with van der Waals surface area (Å²) in [7, 11) is -3.86. The van der Waals surface area contributed by atoms with E-state index in [0.29, 0.717) is 5.13 Å². The van der Waals surface area contributed by atoms with Crippen molar-refractivity contribution in [2.24, 2.45) is 0 Å². The zero-order chi connectivity index (χ0) is 18.8. The number of aryl methyl sites for hydroxylation is 1. The average molecular weight is 403 g/mol. The summed E-state index contributed by atoms with van der Waals surface area (Å²) in [4.78, 5) is 12.2. The topological polar surface area (TPSA) is 101 Å². The van der Waals surface area contributed by atoms with Crippen LogP contribution in [0.4, 0.5) is 5.13 Å². The number of carbonyl (C=O) groups excluding carboxylic acids is 1. The number of hydrogen-bond acceptors (Lipinski definition) is 6. The number of halogens is 1. The first kappa shape index (κ1) is 19.8. The van der Waals surface area contributed by atoms with Gasteiger partial charge in [0.15, 0.2) is 0 Å². The van der Waals surface area contributed by atoms with Crippen LogP contribution in [0.3, 0.4) is 0 Å². The molecule has 0 fully saturated rings. The zero-order valence-electron chi connectivity index (χ0n) is 14.3. The van der Waals surface area contributed by atoms with Crippen molar-refractivity contribution in [1.82, 2.24) is 14.9 Å². The molecule has 10 heteroatoms. The molecular weight excluding hydrogens is 384 g/mol. The Morgan fingerprint density at radius 1 is 1.28 bits per heavy atom. The Balaban J connectivity index is 2.30. The largest absolute Gasteiger partial charge is 0.296 e.